The van der Waals surface area contributed by atoms with Gasteiger partial charge in [-0.25, -0.2) is 0 Å². The standard InChI is InChI=1S/C19H23BrN2O/c1-4-15-5-11-18(12-6-15)22-19(23)14(3)21-13(2)16-7-9-17(20)10-8-16/h5-14,21H,4H2,1-3H3,(H,22,23)/p+1/t13-,14+/m1/s1. The van der Waals surface area contributed by atoms with E-state index in [0.29, 0.717) is 0 Å². The summed E-state index contributed by atoms with van der Waals surface area (Å²) in [7, 11) is 0. The van der Waals surface area contributed by atoms with Crippen LogP contribution in [0.1, 0.15) is 37.9 Å². The Kier molecular flexibility index (Phi) is 6.37. The Balaban J connectivity index is 1.92. The Morgan fingerprint density at radius 3 is 2.26 bits per heavy atom. The van der Waals surface area contributed by atoms with E-state index in [-0.39, 0.29) is 18.0 Å². The first-order chi connectivity index (χ1) is 11.0. The van der Waals surface area contributed by atoms with Gasteiger partial charge in [-0.15, -0.1) is 0 Å². The topological polar surface area (TPSA) is 45.7 Å². The van der Waals surface area contributed by atoms with Crippen molar-refractivity contribution in [3.8, 4) is 0 Å². The number of rotatable bonds is 6. The molecule has 0 heterocycles. The van der Waals surface area contributed by atoms with Gasteiger partial charge < -0.3 is 10.6 Å². The van der Waals surface area contributed by atoms with Gasteiger partial charge in [-0.05, 0) is 50.1 Å². The van der Waals surface area contributed by atoms with Gasteiger partial charge in [0.1, 0.15) is 6.04 Å². The smallest absolute Gasteiger partial charge is 0.282 e. The highest BCUT2D eigenvalue weighted by atomic mass is 79.9. The highest BCUT2D eigenvalue weighted by Gasteiger charge is 2.20. The van der Waals surface area contributed by atoms with Crippen LogP contribution in [0.15, 0.2) is 53.0 Å². The first-order valence-corrected chi connectivity index (χ1v) is 8.79. The van der Waals surface area contributed by atoms with Crippen LogP contribution in [0.4, 0.5) is 5.69 Å². The summed E-state index contributed by atoms with van der Waals surface area (Å²) in [5.41, 5.74) is 3.33. The van der Waals surface area contributed by atoms with E-state index in [2.05, 4.69) is 64.7 Å². The monoisotopic (exact) mass is 375 g/mol. The number of hydrogen-bond acceptors (Lipinski definition) is 1. The summed E-state index contributed by atoms with van der Waals surface area (Å²) in [4.78, 5) is 12.3. The third-order valence-corrected chi connectivity index (χ3v) is 4.55. The second kappa shape index (κ2) is 8.27. The van der Waals surface area contributed by atoms with E-state index in [1.54, 1.807) is 0 Å². The third kappa shape index (κ3) is 5.19. The van der Waals surface area contributed by atoms with Crippen LogP contribution in [0.3, 0.4) is 0 Å². The summed E-state index contributed by atoms with van der Waals surface area (Å²) in [6.07, 6.45) is 1.00. The second-order valence-electron chi connectivity index (χ2n) is 5.86. The quantitative estimate of drug-likeness (QED) is 0.794. The molecule has 0 aromatic heterocycles. The largest absolute Gasteiger partial charge is 0.330 e. The molecule has 0 aliphatic carbocycles. The van der Waals surface area contributed by atoms with Gasteiger partial charge >= 0.3 is 0 Å². The number of carbonyl (C=O) groups is 1. The minimum Gasteiger partial charge on any atom is -0.330 e. The molecule has 0 unspecified atom stereocenters. The maximum Gasteiger partial charge on any atom is 0.282 e. The highest BCUT2D eigenvalue weighted by Crippen LogP contribution is 2.14. The zero-order valence-electron chi connectivity index (χ0n) is 13.8. The van der Waals surface area contributed by atoms with Gasteiger partial charge in [0.2, 0.25) is 0 Å². The summed E-state index contributed by atoms with van der Waals surface area (Å²) in [6.45, 7) is 6.17. The molecule has 122 valence electrons. The molecular formula is C19H24BrN2O+. The van der Waals surface area contributed by atoms with Crippen molar-refractivity contribution in [1.82, 2.24) is 0 Å². The van der Waals surface area contributed by atoms with Gasteiger partial charge in [0.15, 0.2) is 6.04 Å². The molecule has 0 bridgehead atoms. The average molecular weight is 376 g/mol. The molecule has 23 heavy (non-hydrogen) atoms. The normalized spacial score (nSPS) is 13.4. The fourth-order valence-electron chi connectivity index (χ4n) is 2.48. The molecule has 0 saturated carbocycles. The molecule has 2 aromatic rings. The number of nitrogens with two attached hydrogens (primary N) is 1. The number of amides is 1. The molecule has 3 N–H and O–H groups in total. The van der Waals surface area contributed by atoms with E-state index in [1.807, 2.05) is 31.2 Å². The van der Waals surface area contributed by atoms with E-state index in [4.69, 9.17) is 0 Å². The molecule has 0 fully saturated rings. The van der Waals surface area contributed by atoms with Crippen LogP contribution in [-0.2, 0) is 11.2 Å². The SMILES string of the molecule is CCc1ccc(NC(=O)[C@H](C)[NH2+][C@H](C)c2ccc(Br)cc2)cc1. The van der Waals surface area contributed by atoms with Gasteiger partial charge in [0, 0.05) is 15.7 Å². The van der Waals surface area contributed by atoms with E-state index in [0.717, 1.165) is 16.6 Å². The Morgan fingerprint density at radius 1 is 1.09 bits per heavy atom. The number of halogens is 1. The van der Waals surface area contributed by atoms with E-state index < -0.39 is 0 Å². The van der Waals surface area contributed by atoms with Crippen LogP contribution >= 0.6 is 15.9 Å². The lowest BCUT2D eigenvalue weighted by molar-refractivity contribution is -0.709. The Hall–Kier alpha value is -1.65. The maximum atomic E-state index is 12.3. The fourth-order valence-corrected chi connectivity index (χ4v) is 2.74. The van der Waals surface area contributed by atoms with Crippen LogP contribution in [0.2, 0.25) is 0 Å². The van der Waals surface area contributed by atoms with Gasteiger partial charge in [-0.2, -0.15) is 0 Å². The minimum absolute atomic E-state index is 0.0261. The number of aryl methyl sites for hydroxylation is 1. The minimum atomic E-state index is -0.153. The summed E-state index contributed by atoms with van der Waals surface area (Å²) >= 11 is 3.44. The molecule has 0 aliphatic heterocycles. The predicted molar refractivity (Wildman–Crippen MR) is 98.4 cm³/mol. The van der Waals surface area contributed by atoms with E-state index in [9.17, 15) is 4.79 Å². The van der Waals surface area contributed by atoms with Crippen molar-refractivity contribution < 1.29 is 10.1 Å². The molecule has 0 spiro atoms. The van der Waals surface area contributed by atoms with Crippen LogP contribution in [0, 0.1) is 0 Å². The average Bonchev–Trinajstić information content (AvgIpc) is 2.56. The molecule has 2 atom stereocenters. The van der Waals surface area contributed by atoms with Crippen LogP contribution in [0.5, 0.6) is 0 Å². The molecule has 3 nitrogen and oxygen atoms in total. The summed E-state index contributed by atoms with van der Waals surface area (Å²) in [5, 5.41) is 5.06. The third-order valence-electron chi connectivity index (χ3n) is 4.02. The molecular weight excluding hydrogens is 352 g/mol. The number of nitrogens with one attached hydrogen (secondary N) is 1. The summed E-state index contributed by atoms with van der Waals surface area (Å²) in [5.74, 6) is 0.0261. The summed E-state index contributed by atoms with van der Waals surface area (Å²) < 4.78 is 1.06. The number of anilines is 1. The Labute approximate surface area is 146 Å². The van der Waals surface area contributed by atoms with Crippen molar-refractivity contribution in [2.45, 2.75) is 39.3 Å². The zero-order chi connectivity index (χ0) is 16.8. The summed E-state index contributed by atoms with van der Waals surface area (Å²) in [6, 6.07) is 16.3. The molecule has 0 saturated heterocycles. The van der Waals surface area contributed by atoms with Gasteiger partial charge in [-0.3, -0.25) is 4.79 Å². The van der Waals surface area contributed by atoms with Crippen molar-refractivity contribution in [1.29, 1.82) is 0 Å². The lowest BCUT2D eigenvalue weighted by Crippen LogP contribution is -2.91. The van der Waals surface area contributed by atoms with Crippen molar-refractivity contribution >= 4 is 27.5 Å². The molecule has 2 rings (SSSR count). The number of quaternary nitrogens is 1. The van der Waals surface area contributed by atoms with Crippen molar-refractivity contribution in [3.05, 3.63) is 64.1 Å². The number of hydrogen-bond donors (Lipinski definition) is 2. The first kappa shape index (κ1) is 17.7. The molecule has 2 aromatic carbocycles. The van der Waals surface area contributed by atoms with E-state index >= 15 is 0 Å². The van der Waals surface area contributed by atoms with Gasteiger partial charge in [0.05, 0.1) is 0 Å². The van der Waals surface area contributed by atoms with Crippen molar-refractivity contribution in [3.63, 3.8) is 0 Å². The second-order valence-corrected chi connectivity index (χ2v) is 6.78. The van der Waals surface area contributed by atoms with Gasteiger partial charge in [-0.1, -0.05) is 47.1 Å². The lowest BCUT2D eigenvalue weighted by atomic mass is 10.1. The number of carbonyl (C=O) groups excluding carboxylic acids is 1. The predicted octanol–water partition coefficient (Wildman–Crippen LogP) is 3.66. The molecule has 0 aliphatic rings. The van der Waals surface area contributed by atoms with Gasteiger partial charge in [0.25, 0.3) is 5.91 Å². The molecule has 1 amide bonds. The van der Waals surface area contributed by atoms with Crippen LogP contribution < -0.4 is 10.6 Å². The first-order valence-electron chi connectivity index (χ1n) is 8.00. The zero-order valence-corrected chi connectivity index (χ0v) is 15.4. The van der Waals surface area contributed by atoms with Crippen LogP contribution in [0.25, 0.3) is 0 Å². The van der Waals surface area contributed by atoms with Crippen LogP contribution in [-0.4, -0.2) is 11.9 Å². The fraction of sp³-hybridized carbons (Fsp3) is 0.316. The lowest BCUT2D eigenvalue weighted by Gasteiger charge is -2.17. The van der Waals surface area contributed by atoms with Crippen molar-refractivity contribution in [2.75, 3.05) is 5.32 Å². The van der Waals surface area contributed by atoms with E-state index in [1.165, 1.54) is 11.1 Å². The maximum absolute atomic E-state index is 12.3. The Bertz CT molecular complexity index is 637. The molecule has 4 heteroatoms. The Morgan fingerprint density at radius 2 is 1.70 bits per heavy atom. The van der Waals surface area contributed by atoms with Crippen molar-refractivity contribution in [2.24, 2.45) is 0 Å². The highest BCUT2D eigenvalue weighted by molar-refractivity contribution is 9.10. The molecule has 0 radical (unpaired) electrons. The number of benzene rings is 2.